The molecule has 23 heavy (non-hydrogen) atoms. The molecule has 3 rings (SSSR count). The van der Waals surface area contributed by atoms with Gasteiger partial charge in [0.1, 0.15) is 18.1 Å². The molecule has 0 amide bonds. The number of carbonyl (C=O) groups is 2. The summed E-state index contributed by atoms with van der Waals surface area (Å²) in [6.07, 6.45) is 1.83. The minimum atomic E-state index is -0.709. The molecule has 1 aromatic heterocycles. The fraction of sp³-hybridized carbons (Fsp3) is 0.312. The summed E-state index contributed by atoms with van der Waals surface area (Å²) in [5.74, 6) is 0.746. The Morgan fingerprint density at radius 2 is 2.22 bits per heavy atom. The monoisotopic (exact) mass is 315 g/mol. The van der Waals surface area contributed by atoms with Gasteiger partial charge in [-0.3, -0.25) is 10.1 Å². The number of ether oxygens (including phenoxy) is 2. The fourth-order valence-electron chi connectivity index (χ4n) is 2.40. The molecule has 2 aromatic rings. The lowest BCUT2D eigenvalue weighted by Gasteiger charge is -2.16. The molecule has 2 heterocycles. The SMILES string of the molecule is O=Cc1cn2c(n1)CNC(OC(=O)OCc1ccccc1)CC2. The molecule has 1 aliphatic heterocycles. The highest BCUT2D eigenvalue weighted by Crippen LogP contribution is 2.11. The van der Waals surface area contributed by atoms with Gasteiger partial charge in [0, 0.05) is 19.2 Å². The Kier molecular flexibility index (Phi) is 4.68. The third kappa shape index (κ3) is 3.95. The molecule has 0 aliphatic carbocycles. The summed E-state index contributed by atoms with van der Waals surface area (Å²) in [6, 6.07) is 9.41. The lowest BCUT2D eigenvalue weighted by atomic mass is 10.2. The van der Waals surface area contributed by atoms with Gasteiger partial charge < -0.3 is 14.0 Å². The van der Waals surface area contributed by atoms with Gasteiger partial charge in [-0.1, -0.05) is 30.3 Å². The molecule has 0 spiro atoms. The highest BCUT2D eigenvalue weighted by molar-refractivity contribution is 5.71. The third-order valence-corrected chi connectivity index (χ3v) is 3.56. The average molecular weight is 315 g/mol. The normalized spacial score (nSPS) is 17.0. The molecule has 0 fully saturated rings. The number of nitrogens with one attached hydrogen (secondary N) is 1. The van der Waals surface area contributed by atoms with Crippen molar-refractivity contribution < 1.29 is 19.1 Å². The van der Waals surface area contributed by atoms with Crippen LogP contribution >= 0.6 is 0 Å². The summed E-state index contributed by atoms with van der Waals surface area (Å²) >= 11 is 0. The van der Waals surface area contributed by atoms with Crippen molar-refractivity contribution in [3.63, 3.8) is 0 Å². The molecular formula is C16H17N3O4. The van der Waals surface area contributed by atoms with Crippen molar-refractivity contribution >= 4 is 12.4 Å². The molecule has 120 valence electrons. The Bertz CT molecular complexity index is 658. The maximum atomic E-state index is 11.8. The third-order valence-electron chi connectivity index (χ3n) is 3.56. The summed E-state index contributed by atoms with van der Waals surface area (Å²) in [7, 11) is 0. The second-order valence-electron chi connectivity index (χ2n) is 5.19. The van der Waals surface area contributed by atoms with Crippen molar-refractivity contribution in [3.8, 4) is 0 Å². The average Bonchev–Trinajstić information content (AvgIpc) is 2.90. The van der Waals surface area contributed by atoms with Crippen molar-refractivity contribution in [3.05, 3.63) is 53.6 Å². The predicted octanol–water partition coefficient (Wildman–Crippen LogP) is 1.87. The molecule has 7 nitrogen and oxygen atoms in total. The maximum absolute atomic E-state index is 11.8. The lowest BCUT2D eigenvalue weighted by molar-refractivity contribution is 0.00437. The van der Waals surface area contributed by atoms with Gasteiger partial charge in [-0.2, -0.15) is 0 Å². The van der Waals surface area contributed by atoms with Crippen LogP contribution in [-0.4, -0.2) is 28.2 Å². The van der Waals surface area contributed by atoms with Crippen LogP contribution in [0.3, 0.4) is 0 Å². The first-order valence-corrected chi connectivity index (χ1v) is 7.36. The zero-order valence-electron chi connectivity index (χ0n) is 12.5. The maximum Gasteiger partial charge on any atom is 0.510 e. The second kappa shape index (κ2) is 7.06. The van der Waals surface area contributed by atoms with E-state index in [4.69, 9.17) is 9.47 Å². The largest absolute Gasteiger partial charge is 0.510 e. The number of imidazole rings is 1. The predicted molar refractivity (Wildman–Crippen MR) is 80.6 cm³/mol. The summed E-state index contributed by atoms with van der Waals surface area (Å²) in [5.41, 5.74) is 1.31. The van der Waals surface area contributed by atoms with Gasteiger partial charge in [0.25, 0.3) is 0 Å². The molecule has 0 radical (unpaired) electrons. The van der Waals surface area contributed by atoms with Crippen LogP contribution < -0.4 is 5.32 Å². The van der Waals surface area contributed by atoms with Crippen LogP contribution in [0.1, 0.15) is 28.3 Å². The first-order chi connectivity index (χ1) is 11.2. The van der Waals surface area contributed by atoms with E-state index < -0.39 is 12.4 Å². The Morgan fingerprint density at radius 1 is 1.39 bits per heavy atom. The van der Waals surface area contributed by atoms with Crippen molar-refractivity contribution in [2.75, 3.05) is 0 Å². The van der Waals surface area contributed by atoms with Crippen LogP contribution in [0.5, 0.6) is 0 Å². The molecule has 1 atom stereocenters. The molecule has 1 unspecified atom stereocenters. The Morgan fingerprint density at radius 3 is 3.00 bits per heavy atom. The van der Waals surface area contributed by atoms with Crippen molar-refractivity contribution in [1.29, 1.82) is 0 Å². The molecular weight excluding hydrogens is 298 g/mol. The number of nitrogens with zero attached hydrogens (tertiary/aromatic N) is 2. The topological polar surface area (TPSA) is 82.5 Å². The van der Waals surface area contributed by atoms with E-state index in [9.17, 15) is 9.59 Å². The van der Waals surface area contributed by atoms with E-state index in [1.807, 2.05) is 34.9 Å². The zero-order valence-corrected chi connectivity index (χ0v) is 12.5. The van der Waals surface area contributed by atoms with E-state index >= 15 is 0 Å². The standard InChI is InChI=1S/C16H17N3O4/c20-10-13-9-19-7-6-15(17-8-14(19)18-13)23-16(21)22-11-12-4-2-1-3-5-12/h1-5,9-10,15,17H,6-8,11H2. The number of hydrogen-bond acceptors (Lipinski definition) is 6. The van der Waals surface area contributed by atoms with E-state index in [0.29, 0.717) is 25.2 Å². The Hall–Kier alpha value is -2.67. The number of rotatable bonds is 4. The van der Waals surface area contributed by atoms with Gasteiger partial charge in [-0.05, 0) is 5.56 Å². The van der Waals surface area contributed by atoms with Gasteiger partial charge >= 0.3 is 6.16 Å². The van der Waals surface area contributed by atoms with Gasteiger partial charge in [0.15, 0.2) is 12.5 Å². The molecule has 1 N–H and O–H groups in total. The van der Waals surface area contributed by atoms with Crippen molar-refractivity contribution in [1.82, 2.24) is 14.9 Å². The van der Waals surface area contributed by atoms with Crippen molar-refractivity contribution in [2.45, 2.75) is 32.3 Å². The van der Waals surface area contributed by atoms with Crippen LogP contribution in [0.25, 0.3) is 0 Å². The first kappa shape index (κ1) is 15.2. The number of aldehydes is 1. The smallest absolute Gasteiger partial charge is 0.429 e. The van der Waals surface area contributed by atoms with Gasteiger partial charge in [-0.15, -0.1) is 0 Å². The molecule has 0 bridgehead atoms. The number of fused-ring (bicyclic) bond motifs is 1. The van der Waals surface area contributed by atoms with Crippen LogP contribution in [0, 0.1) is 0 Å². The molecule has 0 saturated heterocycles. The van der Waals surface area contributed by atoms with Crippen LogP contribution in [0.4, 0.5) is 4.79 Å². The summed E-state index contributed by atoms with van der Waals surface area (Å²) in [4.78, 5) is 26.7. The second-order valence-corrected chi connectivity index (χ2v) is 5.19. The van der Waals surface area contributed by atoms with E-state index in [0.717, 1.165) is 17.7 Å². The number of carbonyl (C=O) groups excluding carboxylic acids is 2. The van der Waals surface area contributed by atoms with Gasteiger partial charge in [0.05, 0.1) is 6.54 Å². The molecule has 7 heteroatoms. The number of aromatic nitrogens is 2. The van der Waals surface area contributed by atoms with Crippen LogP contribution in [0.15, 0.2) is 36.5 Å². The number of hydrogen-bond donors (Lipinski definition) is 1. The van der Waals surface area contributed by atoms with Gasteiger partial charge in [0.2, 0.25) is 0 Å². The summed E-state index contributed by atoms with van der Waals surface area (Å²) in [5, 5.41) is 3.08. The minimum absolute atomic E-state index is 0.177. The number of benzene rings is 1. The van der Waals surface area contributed by atoms with E-state index in [-0.39, 0.29) is 6.61 Å². The highest BCUT2D eigenvalue weighted by atomic mass is 16.7. The van der Waals surface area contributed by atoms with Crippen molar-refractivity contribution in [2.24, 2.45) is 0 Å². The zero-order chi connectivity index (χ0) is 16.1. The van der Waals surface area contributed by atoms with Crippen LogP contribution in [0.2, 0.25) is 0 Å². The minimum Gasteiger partial charge on any atom is -0.429 e. The quantitative estimate of drug-likeness (QED) is 0.685. The lowest BCUT2D eigenvalue weighted by Crippen LogP contribution is -2.32. The van der Waals surface area contributed by atoms with E-state index in [1.165, 1.54) is 0 Å². The molecule has 0 saturated carbocycles. The van der Waals surface area contributed by atoms with E-state index in [1.54, 1.807) is 6.20 Å². The highest BCUT2D eigenvalue weighted by Gasteiger charge is 2.20. The molecule has 1 aliphatic rings. The molecule has 1 aromatic carbocycles. The number of aryl methyl sites for hydroxylation is 1. The first-order valence-electron chi connectivity index (χ1n) is 7.36. The van der Waals surface area contributed by atoms with E-state index in [2.05, 4.69) is 10.3 Å². The Balaban J connectivity index is 1.48. The van der Waals surface area contributed by atoms with Gasteiger partial charge in [-0.25, -0.2) is 9.78 Å². The van der Waals surface area contributed by atoms with Crippen LogP contribution in [-0.2, 0) is 29.2 Å². The fourth-order valence-corrected chi connectivity index (χ4v) is 2.40. The Labute approximate surface area is 133 Å². The summed E-state index contributed by atoms with van der Waals surface area (Å²) < 4.78 is 12.2. The summed E-state index contributed by atoms with van der Waals surface area (Å²) in [6.45, 7) is 1.21.